The second-order valence-corrected chi connectivity index (χ2v) is 11.4. The predicted molar refractivity (Wildman–Crippen MR) is 155 cm³/mol. The molecular formula is C31H39N7O. The summed E-state index contributed by atoms with van der Waals surface area (Å²) in [6.45, 7) is 9.15. The van der Waals surface area contributed by atoms with Crippen molar-refractivity contribution < 1.29 is 4.79 Å². The molecule has 8 nitrogen and oxygen atoms in total. The number of ketones is 1. The van der Waals surface area contributed by atoms with Crippen molar-refractivity contribution in [1.29, 1.82) is 0 Å². The molecule has 2 aromatic heterocycles. The SMILES string of the molecule is CCc1nn(C2CCC2)c2cc(N3CCN(CC(=O)c4n[nH]c(C(C)C)n4)[C@@H](Cc4ccccc4)C3)ccc12. The van der Waals surface area contributed by atoms with Crippen molar-refractivity contribution in [3.05, 3.63) is 71.4 Å². The predicted octanol–water partition coefficient (Wildman–Crippen LogP) is 5.18. The molecule has 0 unspecified atom stereocenters. The lowest BCUT2D eigenvalue weighted by atomic mass is 9.93. The summed E-state index contributed by atoms with van der Waals surface area (Å²) in [5.74, 6) is 1.23. The van der Waals surface area contributed by atoms with Gasteiger partial charge in [-0.3, -0.25) is 19.5 Å². The average Bonchev–Trinajstić information content (AvgIpc) is 3.55. The highest BCUT2D eigenvalue weighted by atomic mass is 16.1. The summed E-state index contributed by atoms with van der Waals surface area (Å²) < 4.78 is 2.29. The Morgan fingerprint density at radius 1 is 1.10 bits per heavy atom. The second kappa shape index (κ2) is 10.9. The van der Waals surface area contributed by atoms with Gasteiger partial charge in [0, 0.05) is 42.7 Å². The highest BCUT2D eigenvalue weighted by Gasteiger charge is 2.31. The first-order valence-corrected chi connectivity index (χ1v) is 14.5. The molecule has 1 atom stereocenters. The largest absolute Gasteiger partial charge is 0.369 e. The van der Waals surface area contributed by atoms with Gasteiger partial charge in [-0.1, -0.05) is 51.1 Å². The summed E-state index contributed by atoms with van der Waals surface area (Å²) in [6.07, 6.45) is 5.57. The Labute approximate surface area is 230 Å². The zero-order valence-electron chi connectivity index (χ0n) is 23.3. The molecule has 6 rings (SSSR count). The van der Waals surface area contributed by atoms with Gasteiger partial charge in [0.25, 0.3) is 0 Å². The highest BCUT2D eigenvalue weighted by molar-refractivity contribution is 5.94. The van der Waals surface area contributed by atoms with Crippen LogP contribution in [-0.2, 0) is 12.8 Å². The van der Waals surface area contributed by atoms with Crippen LogP contribution in [0.2, 0.25) is 0 Å². The molecule has 1 N–H and O–H groups in total. The van der Waals surface area contributed by atoms with E-state index in [2.05, 4.69) is 85.1 Å². The number of hydrogen-bond donors (Lipinski definition) is 1. The molecule has 4 aromatic rings. The number of aryl methyl sites for hydroxylation is 1. The van der Waals surface area contributed by atoms with E-state index in [0.717, 1.165) is 38.3 Å². The van der Waals surface area contributed by atoms with Gasteiger partial charge in [-0.25, -0.2) is 4.98 Å². The molecule has 39 heavy (non-hydrogen) atoms. The van der Waals surface area contributed by atoms with Crippen LogP contribution >= 0.6 is 0 Å². The Kier molecular flexibility index (Phi) is 7.21. The van der Waals surface area contributed by atoms with Gasteiger partial charge in [0.05, 0.1) is 23.8 Å². The summed E-state index contributed by atoms with van der Waals surface area (Å²) in [4.78, 5) is 22.5. The lowest BCUT2D eigenvalue weighted by Gasteiger charge is -2.42. The third-order valence-electron chi connectivity index (χ3n) is 8.45. The molecule has 1 saturated carbocycles. The number of hydrogen-bond acceptors (Lipinski definition) is 6. The number of nitrogens with one attached hydrogen (secondary N) is 1. The van der Waals surface area contributed by atoms with Crippen LogP contribution in [0, 0.1) is 0 Å². The van der Waals surface area contributed by atoms with Crippen LogP contribution in [0.25, 0.3) is 10.9 Å². The van der Waals surface area contributed by atoms with Crippen molar-refractivity contribution >= 4 is 22.4 Å². The summed E-state index contributed by atoms with van der Waals surface area (Å²) in [5.41, 5.74) is 4.98. The molecule has 0 bridgehead atoms. The van der Waals surface area contributed by atoms with Crippen LogP contribution in [0.1, 0.15) is 79.7 Å². The monoisotopic (exact) mass is 525 g/mol. The zero-order chi connectivity index (χ0) is 26.9. The standard InChI is InChI=1S/C31H39N7O/c1-4-27-26-14-13-24(18-28(26)38(35-27)23-11-8-12-23)36-15-16-37(25(19-36)17-22-9-6-5-7-10-22)20-29(39)31-32-30(21(2)3)33-34-31/h5-7,9-10,13-14,18,21,23,25H,4,8,11-12,15-17,19-20H2,1-3H3,(H,32,33,34)/t25-/m0/s1. The van der Waals surface area contributed by atoms with Crippen LogP contribution < -0.4 is 4.90 Å². The van der Waals surface area contributed by atoms with Crippen molar-refractivity contribution in [3.8, 4) is 0 Å². The lowest BCUT2D eigenvalue weighted by Crippen LogP contribution is -2.55. The van der Waals surface area contributed by atoms with Crippen molar-refractivity contribution in [2.75, 3.05) is 31.1 Å². The molecule has 0 radical (unpaired) electrons. The number of carbonyl (C=O) groups is 1. The lowest BCUT2D eigenvalue weighted by molar-refractivity contribution is 0.0865. The first-order chi connectivity index (χ1) is 19.0. The van der Waals surface area contributed by atoms with Gasteiger partial charge in [-0.2, -0.15) is 10.2 Å². The Bertz CT molecular complexity index is 1440. The molecule has 204 valence electrons. The minimum Gasteiger partial charge on any atom is -0.369 e. The Morgan fingerprint density at radius 2 is 1.92 bits per heavy atom. The molecule has 2 aliphatic rings. The van der Waals surface area contributed by atoms with E-state index in [-0.39, 0.29) is 17.7 Å². The quantitative estimate of drug-likeness (QED) is 0.303. The topological polar surface area (TPSA) is 82.9 Å². The van der Waals surface area contributed by atoms with E-state index in [1.807, 2.05) is 13.8 Å². The van der Waals surface area contributed by atoms with Crippen molar-refractivity contribution in [3.63, 3.8) is 0 Å². The van der Waals surface area contributed by atoms with Crippen molar-refractivity contribution in [2.24, 2.45) is 0 Å². The van der Waals surface area contributed by atoms with Crippen LogP contribution in [-0.4, -0.2) is 67.9 Å². The molecule has 0 spiro atoms. The highest BCUT2D eigenvalue weighted by Crippen LogP contribution is 2.36. The number of aromatic amines is 1. The molecule has 1 aliphatic heterocycles. The fourth-order valence-corrected chi connectivity index (χ4v) is 5.89. The maximum absolute atomic E-state index is 13.2. The van der Waals surface area contributed by atoms with Gasteiger partial charge < -0.3 is 4.90 Å². The molecule has 8 heteroatoms. The maximum atomic E-state index is 13.2. The number of piperazine rings is 1. The third kappa shape index (κ3) is 5.22. The number of rotatable bonds is 9. The van der Waals surface area contributed by atoms with Crippen molar-refractivity contribution in [1.82, 2.24) is 29.9 Å². The fraction of sp³-hybridized carbons (Fsp3) is 0.484. The number of benzene rings is 2. The Balaban J connectivity index is 1.25. The van der Waals surface area contributed by atoms with E-state index in [1.54, 1.807) is 0 Å². The van der Waals surface area contributed by atoms with Gasteiger partial charge in [0.1, 0.15) is 5.82 Å². The number of aromatic nitrogens is 5. The minimum atomic E-state index is -0.0254. The van der Waals surface area contributed by atoms with E-state index >= 15 is 0 Å². The first kappa shape index (κ1) is 25.7. The zero-order valence-corrected chi connectivity index (χ0v) is 23.3. The summed E-state index contributed by atoms with van der Waals surface area (Å²) in [6, 6.07) is 18.2. The smallest absolute Gasteiger partial charge is 0.218 e. The number of fused-ring (bicyclic) bond motifs is 1. The van der Waals surface area contributed by atoms with Crippen LogP contribution in [0.3, 0.4) is 0 Å². The van der Waals surface area contributed by atoms with E-state index < -0.39 is 0 Å². The van der Waals surface area contributed by atoms with E-state index in [4.69, 9.17) is 5.10 Å². The van der Waals surface area contributed by atoms with Crippen molar-refractivity contribution in [2.45, 2.75) is 70.9 Å². The molecule has 1 saturated heterocycles. The average molecular weight is 526 g/mol. The molecule has 1 aliphatic carbocycles. The number of carbonyl (C=O) groups excluding carboxylic acids is 1. The van der Waals surface area contributed by atoms with Gasteiger partial charge in [0.2, 0.25) is 11.6 Å². The van der Waals surface area contributed by atoms with Crippen LogP contribution in [0.5, 0.6) is 0 Å². The fourth-order valence-electron chi connectivity index (χ4n) is 5.89. The van der Waals surface area contributed by atoms with Gasteiger partial charge in [-0.05, 0) is 55.9 Å². The Hall–Kier alpha value is -3.52. The normalized spacial score (nSPS) is 18.7. The summed E-state index contributed by atoms with van der Waals surface area (Å²) >= 11 is 0. The van der Waals surface area contributed by atoms with E-state index in [0.29, 0.717) is 18.4 Å². The van der Waals surface area contributed by atoms with Gasteiger partial charge in [0.15, 0.2) is 0 Å². The van der Waals surface area contributed by atoms with Gasteiger partial charge in [-0.15, -0.1) is 0 Å². The first-order valence-electron chi connectivity index (χ1n) is 14.5. The maximum Gasteiger partial charge on any atom is 0.218 e. The number of H-pyrrole nitrogens is 1. The summed E-state index contributed by atoms with van der Waals surface area (Å²) in [5, 5.41) is 13.4. The van der Waals surface area contributed by atoms with Gasteiger partial charge >= 0.3 is 0 Å². The second-order valence-electron chi connectivity index (χ2n) is 11.4. The number of anilines is 1. The molecule has 2 fully saturated rings. The van der Waals surface area contributed by atoms with E-state index in [1.165, 1.54) is 47.1 Å². The molecule has 2 aromatic carbocycles. The Morgan fingerprint density at radius 3 is 2.62 bits per heavy atom. The molecule has 0 amide bonds. The third-order valence-corrected chi connectivity index (χ3v) is 8.45. The molecule has 3 heterocycles. The van der Waals surface area contributed by atoms with E-state index in [9.17, 15) is 4.79 Å². The minimum absolute atomic E-state index is 0.0254. The number of Topliss-reactive ketones (excluding diaryl/α,β-unsaturated/α-hetero) is 1. The summed E-state index contributed by atoms with van der Waals surface area (Å²) in [7, 11) is 0. The number of nitrogens with zero attached hydrogens (tertiary/aromatic N) is 6. The molecular weight excluding hydrogens is 486 g/mol. The van der Waals surface area contributed by atoms with Crippen LogP contribution in [0.15, 0.2) is 48.5 Å². The van der Waals surface area contributed by atoms with Crippen LogP contribution in [0.4, 0.5) is 5.69 Å².